The zero-order valence-corrected chi connectivity index (χ0v) is 11.9. The normalized spacial score (nSPS) is 12.2. The number of methoxy groups -OCH3 is 1. The minimum Gasteiger partial charge on any atom is -0.497 e. The van der Waals surface area contributed by atoms with Crippen LogP contribution in [0.2, 0.25) is 0 Å². The molecule has 0 saturated carbocycles. The van der Waals surface area contributed by atoms with Crippen LogP contribution in [0.25, 0.3) is 0 Å². The fourth-order valence-corrected chi connectivity index (χ4v) is 2.25. The van der Waals surface area contributed by atoms with E-state index in [1.54, 1.807) is 7.11 Å². The highest BCUT2D eigenvalue weighted by Crippen LogP contribution is 2.29. The van der Waals surface area contributed by atoms with E-state index < -0.39 is 0 Å². The summed E-state index contributed by atoms with van der Waals surface area (Å²) in [4.78, 5) is 2.22. The quantitative estimate of drug-likeness (QED) is 0.792. The second-order valence-electron chi connectivity index (χ2n) is 4.17. The van der Waals surface area contributed by atoms with Crippen molar-refractivity contribution in [2.45, 2.75) is 19.4 Å². The van der Waals surface area contributed by atoms with Gasteiger partial charge in [0.1, 0.15) is 5.75 Å². The third-order valence-electron chi connectivity index (χ3n) is 3.02. The summed E-state index contributed by atoms with van der Waals surface area (Å²) < 4.78 is 5.23. The van der Waals surface area contributed by atoms with Gasteiger partial charge in [-0.3, -0.25) is 0 Å². The van der Waals surface area contributed by atoms with Crippen LogP contribution in [0.3, 0.4) is 0 Å². The first kappa shape index (κ1) is 14.0. The first-order valence-electron chi connectivity index (χ1n) is 5.75. The SMILES string of the molecule is COc1ccc(N)c(N(C)C(C)CCSC)c1. The topological polar surface area (TPSA) is 38.5 Å². The molecule has 4 heteroatoms. The molecular weight excluding hydrogens is 232 g/mol. The zero-order valence-electron chi connectivity index (χ0n) is 11.1. The number of ether oxygens (including phenoxy) is 1. The van der Waals surface area contributed by atoms with E-state index in [9.17, 15) is 0 Å². The van der Waals surface area contributed by atoms with Gasteiger partial charge in [-0.1, -0.05) is 0 Å². The Kier molecular flexibility index (Phi) is 5.48. The molecule has 0 aromatic heterocycles. The molecule has 96 valence electrons. The van der Waals surface area contributed by atoms with E-state index in [1.807, 2.05) is 30.0 Å². The monoisotopic (exact) mass is 254 g/mol. The van der Waals surface area contributed by atoms with Crippen LogP contribution in [0.1, 0.15) is 13.3 Å². The van der Waals surface area contributed by atoms with Gasteiger partial charge >= 0.3 is 0 Å². The maximum Gasteiger partial charge on any atom is 0.121 e. The first-order chi connectivity index (χ1) is 8.10. The number of rotatable bonds is 6. The molecule has 0 radical (unpaired) electrons. The van der Waals surface area contributed by atoms with Gasteiger partial charge in [-0.05, 0) is 37.5 Å². The van der Waals surface area contributed by atoms with Crippen LogP contribution in [0.15, 0.2) is 18.2 Å². The van der Waals surface area contributed by atoms with Gasteiger partial charge in [-0.15, -0.1) is 0 Å². The van der Waals surface area contributed by atoms with E-state index in [-0.39, 0.29) is 0 Å². The van der Waals surface area contributed by atoms with Gasteiger partial charge in [-0.2, -0.15) is 11.8 Å². The third kappa shape index (κ3) is 3.73. The second-order valence-corrected chi connectivity index (χ2v) is 5.15. The number of hydrogen-bond acceptors (Lipinski definition) is 4. The Labute approximate surface area is 108 Å². The Hall–Kier alpha value is -1.03. The highest BCUT2D eigenvalue weighted by Gasteiger charge is 2.13. The second kappa shape index (κ2) is 6.64. The zero-order chi connectivity index (χ0) is 12.8. The lowest BCUT2D eigenvalue weighted by Gasteiger charge is -2.28. The number of thioether (sulfide) groups is 1. The van der Waals surface area contributed by atoms with Crippen LogP contribution in [0, 0.1) is 0 Å². The number of benzene rings is 1. The Morgan fingerprint density at radius 2 is 2.18 bits per heavy atom. The molecule has 1 aromatic carbocycles. The van der Waals surface area contributed by atoms with Crippen LogP contribution in [-0.2, 0) is 0 Å². The van der Waals surface area contributed by atoms with E-state index in [4.69, 9.17) is 10.5 Å². The summed E-state index contributed by atoms with van der Waals surface area (Å²) in [7, 11) is 3.75. The van der Waals surface area contributed by atoms with Crippen LogP contribution in [-0.4, -0.2) is 32.2 Å². The molecule has 0 fully saturated rings. The molecule has 0 aliphatic carbocycles. The Morgan fingerprint density at radius 1 is 1.47 bits per heavy atom. The molecule has 0 amide bonds. The van der Waals surface area contributed by atoms with E-state index in [0.717, 1.165) is 29.3 Å². The van der Waals surface area contributed by atoms with Gasteiger partial charge in [-0.25, -0.2) is 0 Å². The summed E-state index contributed by atoms with van der Waals surface area (Å²) in [6.45, 7) is 2.22. The number of nitrogens with zero attached hydrogens (tertiary/aromatic N) is 1. The minimum atomic E-state index is 0.469. The molecule has 0 heterocycles. The van der Waals surface area contributed by atoms with Gasteiger partial charge in [0.2, 0.25) is 0 Å². The van der Waals surface area contributed by atoms with Crippen LogP contribution in [0.4, 0.5) is 11.4 Å². The largest absolute Gasteiger partial charge is 0.497 e. The molecule has 1 atom stereocenters. The van der Waals surface area contributed by atoms with Crippen molar-refractivity contribution >= 4 is 23.1 Å². The molecule has 17 heavy (non-hydrogen) atoms. The average molecular weight is 254 g/mol. The fraction of sp³-hybridized carbons (Fsp3) is 0.538. The molecule has 1 aromatic rings. The lowest BCUT2D eigenvalue weighted by Crippen LogP contribution is -2.29. The molecule has 0 bridgehead atoms. The fourth-order valence-electron chi connectivity index (χ4n) is 1.68. The average Bonchev–Trinajstić information content (AvgIpc) is 2.35. The van der Waals surface area contributed by atoms with Gasteiger partial charge in [0.25, 0.3) is 0 Å². The van der Waals surface area contributed by atoms with Crippen molar-refractivity contribution < 1.29 is 4.74 Å². The molecule has 2 N–H and O–H groups in total. The molecule has 1 unspecified atom stereocenters. The van der Waals surface area contributed by atoms with Crippen LogP contribution < -0.4 is 15.4 Å². The predicted octanol–water partition coefficient (Wildman–Crippen LogP) is 2.86. The molecule has 0 saturated heterocycles. The molecule has 0 spiro atoms. The van der Waals surface area contributed by atoms with E-state index in [2.05, 4.69) is 25.1 Å². The summed E-state index contributed by atoms with van der Waals surface area (Å²) in [5, 5.41) is 0. The predicted molar refractivity (Wildman–Crippen MR) is 78.3 cm³/mol. The molecule has 0 aliphatic heterocycles. The summed E-state index contributed by atoms with van der Waals surface area (Å²) in [6.07, 6.45) is 3.28. The van der Waals surface area contributed by atoms with Crippen molar-refractivity contribution in [1.29, 1.82) is 0 Å². The molecule has 3 nitrogen and oxygen atoms in total. The summed E-state index contributed by atoms with van der Waals surface area (Å²) in [5.41, 5.74) is 7.84. The van der Waals surface area contributed by atoms with Gasteiger partial charge < -0.3 is 15.4 Å². The number of nitrogens with two attached hydrogens (primary N) is 1. The van der Waals surface area contributed by atoms with Gasteiger partial charge in [0.15, 0.2) is 0 Å². The van der Waals surface area contributed by atoms with Gasteiger partial charge in [0.05, 0.1) is 18.5 Å². The highest BCUT2D eigenvalue weighted by atomic mass is 32.2. The molecular formula is C13H22N2OS. The van der Waals surface area contributed by atoms with Gasteiger partial charge in [0, 0.05) is 19.2 Å². The summed E-state index contributed by atoms with van der Waals surface area (Å²) in [5.74, 6) is 2.01. The number of hydrogen-bond donors (Lipinski definition) is 1. The highest BCUT2D eigenvalue weighted by molar-refractivity contribution is 7.98. The van der Waals surface area contributed by atoms with Crippen molar-refractivity contribution in [2.75, 3.05) is 36.8 Å². The van der Waals surface area contributed by atoms with Crippen LogP contribution in [0.5, 0.6) is 5.75 Å². The van der Waals surface area contributed by atoms with Crippen molar-refractivity contribution in [3.63, 3.8) is 0 Å². The van der Waals surface area contributed by atoms with Crippen molar-refractivity contribution in [3.8, 4) is 5.75 Å². The van der Waals surface area contributed by atoms with E-state index in [1.165, 1.54) is 0 Å². The van der Waals surface area contributed by atoms with Crippen molar-refractivity contribution in [2.24, 2.45) is 0 Å². The van der Waals surface area contributed by atoms with Crippen LogP contribution >= 0.6 is 11.8 Å². The summed E-state index contributed by atoms with van der Waals surface area (Å²) in [6, 6.07) is 6.24. The first-order valence-corrected chi connectivity index (χ1v) is 7.14. The third-order valence-corrected chi connectivity index (χ3v) is 3.66. The minimum absolute atomic E-state index is 0.469. The van der Waals surface area contributed by atoms with Crippen molar-refractivity contribution in [1.82, 2.24) is 0 Å². The molecule has 1 rings (SSSR count). The maximum atomic E-state index is 6.01. The Morgan fingerprint density at radius 3 is 2.76 bits per heavy atom. The standard InChI is InChI=1S/C13H22N2OS/c1-10(7-8-17-4)15(2)13-9-11(16-3)5-6-12(13)14/h5-6,9-10H,7-8,14H2,1-4H3. The Balaban J connectivity index is 2.82. The van der Waals surface area contributed by atoms with E-state index >= 15 is 0 Å². The maximum absolute atomic E-state index is 6.01. The lowest BCUT2D eigenvalue weighted by molar-refractivity contribution is 0.415. The number of anilines is 2. The molecule has 0 aliphatic rings. The Bertz CT molecular complexity index is 357. The van der Waals surface area contributed by atoms with Crippen molar-refractivity contribution in [3.05, 3.63) is 18.2 Å². The van der Waals surface area contributed by atoms with E-state index in [0.29, 0.717) is 6.04 Å². The smallest absolute Gasteiger partial charge is 0.121 e. The summed E-state index contributed by atoms with van der Waals surface area (Å²) >= 11 is 1.87. The lowest BCUT2D eigenvalue weighted by atomic mass is 10.1. The number of nitrogen functional groups attached to an aromatic ring is 1.